The van der Waals surface area contributed by atoms with Crippen molar-refractivity contribution in [1.82, 2.24) is 0 Å². The number of para-hydroxylation sites is 2. The number of halogens is 2. The van der Waals surface area contributed by atoms with Gasteiger partial charge in [-0.1, -0.05) is 229 Å². The molecule has 0 N–H and O–H groups in total. The summed E-state index contributed by atoms with van der Waals surface area (Å²) in [6, 6.07) is 83.3. The normalized spacial score (nSPS) is 11.4. The van der Waals surface area contributed by atoms with E-state index in [9.17, 15) is 0 Å². The van der Waals surface area contributed by atoms with Gasteiger partial charge in [0.25, 0.3) is 0 Å². The van der Waals surface area contributed by atoms with Crippen LogP contribution in [0.25, 0.3) is 76.8 Å². The van der Waals surface area contributed by atoms with E-state index in [1.54, 1.807) is 12.1 Å². The van der Waals surface area contributed by atoms with Gasteiger partial charge in [0.05, 0.1) is 22.7 Å². The first-order valence-corrected chi connectivity index (χ1v) is 25.5. The molecule has 0 spiro atoms. The Morgan fingerprint density at radius 2 is 0.662 bits per heavy atom. The molecule has 360 valence electrons. The van der Waals surface area contributed by atoms with Crippen molar-refractivity contribution < 1.29 is 8.78 Å². The highest BCUT2D eigenvalue weighted by Crippen LogP contribution is 2.54. The van der Waals surface area contributed by atoms with Crippen LogP contribution in [0.2, 0.25) is 0 Å². The van der Waals surface area contributed by atoms with Crippen molar-refractivity contribution in [1.29, 1.82) is 0 Å². The first-order chi connectivity index (χ1) is 36.2. The summed E-state index contributed by atoms with van der Waals surface area (Å²) >= 11 is 0. The van der Waals surface area contributed by atoms with E-state index < -0.39 is 0 Å². The average Bonchev–Trinajstić information content (AvgIpc) is 3.45. The van der Waals surface area contributed by atoms with Crippen molar-refractivity contribution in [2.45, 2.75) is 40.0 Å². The van der Waals surface area contributed by atoms with Crippen molar-refractivity contribution in [3.05, 3.63) is 266 Å². The minimum atomic E-state index is -0.380. The quantitative estimate of drug-likeness (QED) is 0.126. The summed E-state index contributed by atoms with van der Waals surface area (Å²) < 4.78 is 36.4. The van der Waals surface area contributed by atoms with Gasteiger partial charge in [-0.25, -0.2) is 8.78 Å². The molecule has 0 radical (unpaired) electrons. The van der Waals surface area contributed by atoms with Crippen LogP contribution in [0.15, 0.2) is 249 Å². The van der Waals surface area contributed by atoms with Crippen LogP contribution in [0.5, 0.6) is 0 Å². The van der Waals surface area contributed by atoms with Gasteiger partial charge in [0.15, 0.2) is 0 Å². The predicted molar refractivity (Wildman–Crippen MR) is 311 cm³/mol. The molecule has 0 aromatic heterocycles. The van der Waals surface area contributed by atoms with Crippen molar-refractivity contribution in [3.63, 3.8) is 0 Å². The number of hydrogen-bond donors (Lipinski definition) is 0. The van der Waals surface area contributed by atoms with E-state index in [0.29, 0.717) is 11.4 Å². The lowest BCUT2D eigenvalue weighted by Crippen LogP contribution is -2.17. The molecule has 0 saturated heterocycles. The summed E-state index contributed by atoms with van der Waals surface area (Å²) in [5.41, 5.74) is 11.5. The molecule has 0 saturated carbocycles. The summed E-state index contributed by atoms with van der Waals surface area (Å²) in [6.45, 7) is 10.7. The minimum Gasteiger partial charge on any atom is -0.306 e. The molecule has 0 fully saturated rings. The zero-order chi connectivity index (χ0) is 50.9. The van der Waals surface area contributed by atoms with Gasteiger partial charge in [-0.15, -0.1) is 0 Å². The highest BCUT2D eigenvalue weighted by molar-refractivity contribution is 6.29. The van der Waals surface area contributed by atoms with Gasteiger partial charge in [0, 0.05) is 38.7 Å². The second-order valence-corrected chi connectivity index (χ2v) is 19.6. The molecule has 0 amide bonds. The standard InChI is InChI=1S/C68H50F2N2.C2H6/c1-68(2,3)53-38-49-34-36-56-62(71(54-30-18-8-19-31-54)66-58(47-26-14-6-15-27-47)40-51(42-60(66)69)45-22-10-4-11-23-45)44-63(57-37-35-50(39-53)64(49)65(56)57)72(55-32-20-9-21-33-55)67-59(48-28-16-7-17-29-48)41-52(43-61(67)70)46-24-12-5-13-25-46;1-2/h4-44H,1-3H3;1-2H3. The lowest BCUT2D eigenvalue weighted by Gasteiger charge is -2.34. The van der Waals surface area contributed by atoms with Gasteiger partial charge in [-0.05, 0) is 115 Å². The fourth-order valence-corrected chi connectivity index (χ4v) is 10.5. The molecule has 0 unspecified atom stereocenters. The Labute approximate surface area is 433 Å². The van der Waals surface area contributed by atoms with Gasteiger partial charge in [0.2, 0.25) is 0 Å². The molecule has 12 rings (SSSR count). The van der Waals surface area contributed by atoms with Crippen molar-refractivity contribution in [3.8, 4) is 44.5 Å². The Balaban J connectivity index is 0.00000291. The van der Waals surface area contributed by atoms with E-state index in [2.05, 4.69) is 85.2 Å². The number of anilines is 6. The lowest BCUT2D eigenvalue weighted by molar-refractivity contribution is 0.591. The molecule has 0 bridgehead atoms. The zero-order valence-electron chi connectivity index (χ0n) is 42.3. The topological polar surface area (TPSA) is 6.48 Å². The second-order valence-electron chi connectivity index (χ2n) is 19.6. The third kappa shape index (κ3) is 8.73. The smallest absolute Gasteiger partial charge is 0.148 e. The summed E-state index contributed by atoms with van der Waals surface area (Å²) in [5.74, 6) is -0.759. The number of nitrogens with zero attached hydrogens (tertiary/aromatic N) is 2. The van der Waals surface area contributed by atoms with Crippen LogP contribution in [0.3, 0.4) is 0 Å². The van der Waals surface area contributed by atoms with Gasteiger partial charge in [0.1, 0.15) is 11.6 Å². The number of hydrogen-bond acceptors (Lipinski definition) is 2. The zero-order valence-corrected chi connectivity index (χ0v) is 42.3. The van der Waals surface area contributed by atoms with Gasteiger partial charge in [-0.3, -0.25) is 0 Å². The summed E-state index contributed by atoms with van der Waals surface area (Å²) in [7, 11) is 0. The predicted octanol–water partition coefficient (Wildman–Crippen LogP) is 20.8. The molecule has 0 atom stereocenters. The van der Waals surface area contributed by atoms with Crippen LogP contribution in [-0.2, 0) is 5.41 Å². The lowest BCUT2D eigenvalue weighted by atomic mass is 9.83. The van der Waals surface area contributed by atoms with Crippen molar-refractivity contribution >= 4 is 66.4 Å². The van der Waals surface area contributed by atoms with Crippen LogP contribution in [0, 0.1) is 11.6 Å². The molecule has 74 heavy (non-hydrogen) atoms. The van der Waals surface area contributed by atoms with Gasteiger partial charge < -0.3 is 9.80 Å². The third-order valence-electron chi connectivity index (χ3n) is 14.0. The van der Waals surface area contributed by atoms with Gasteiger partial charge >= 0.3 is 0 Å². The Morgan fingerprint density at radius 3 is 1.01 bits per heavy atom. The Hall–Kier alpha value is -8.86. The summed E-state index contributed by atoms with van der Waals surface area (Å²) in [6.07, 6.45) is 0. The van der Waals surface area contributed by atoms with Gasteiger partial charge in [-0.2, -0.15) is 0 Å². The fourth-order valence-electron chi connectivity index (χ4n) is 10.5. The van der Waals surface area contributed by atoms with Crippen LogP contribution in [-0.4, -0.2) is 0 Å². The van der Waals surface area contributed by atoms with E-state index in [1.165, 1.54) is 5.56 Å². The summed E-state index contributed by atoms with van der Waals surface area (Å²) in [4.78, 5) is 4.16. The number of rotatable bonds is 10. The minimum absolute atomic E-state index is 0.108. The first kappa shape index (κ1) is 47.5. The van der Waals surface area contributed by atoms with Crippen molar-refractivity contribution in [2.75, 3.05) is 9.80 Å². The molecule has 2 nitrogen and oxygen atoms in total. The average molecular weight is 963 g/mol. The third-order valence-corrected chi connectivity index (χ3v) is 14.0. The van der Waals surface area contributed by atoms with Crippen LogP contribution >= 0.6 is 0 Å². The first-order valence-electron chi connectivity index (χ1n) is 25.5. The van der Waals surface area contributed by atoms with E-state index in [1.807, 2.05) is 196 Å². The molecule has 0 aliphatic heterocycles. The maximum Gasteiger partial charge on any atom is 0.148 e. The Kier molecular flexibility index (Phi) is 12.8. The molecule has 0 heterocycles. The fraction of sp³-hybridized carbons (Fsp3) is 0.0857. The van der Waals surface area contributed by atoms with E-state index >= 15 is 8.78 Å². The second kappa shape index (κ2) is 20.0. The van der Waals surface area contributed by atoms with E-state index in [-0.39, 0.29) is 17.0 Å². The highest BCUT2D eigenvalue weighted by atomic mass is 19.1. The van der Waals surface area contributed by atoms with E-state index in [4.69, 9.17) is 0 Å². The molecule has 12 aromatic carbocycles. The maximum absolute atomic E-state index is 18.2. The Bertz CT molecular complexity index is 3650. The molecule has 0 aliphatic carbocycles. The largest absolute Gasteiger partial charge is 0.306 e. The molecular formula is C70H56F2N2. The maximum atomic E-state index is 18.2. The highest BCUT2D eigenvalue weighted by Gasteiger charge is 2.31. The van der Waals surface area contributed by atoms with Crippen LogP contribution < -0.4 is 9.80 Å². The molecule has 0 aliphatic rings. The SMILES string of the molecule is CC.CC(C)(C)c1cc2ccc3c(N(c4ccccc4)c4c(F)cc(-c5ccccc5)cc4-c4ccccc4)cc(N(c4ccccc4)c4c(F)cc(-c5ccccc5)cc4-c4ccccc4)c4ccc(c1)c2c34. The molecule has 12 aromatic rings. The number of benzene rings is 12. The molecule has 4 heteroatoms. The molecular weight excluding hydrogens is 907 g/mol. The van der Waals surface area contributed by atoms with E-state index in [0.717, 1.165) is 99.6 Å². The Morgan fingerprint density at radius 1 is 0.324 bits per heavy atom. The summed E-state index contributed by atoms with van der Waals surface area (Å²) in [5, 5.41) is 6.16. The van der Waals surface area contributed by atoms with Crippen molar-refractivity contribution in [2.24, 2.45) is 0 Å². The monoisotopic (exact) mass is 962 g/mol. The van der Waals surface area contributed by atoms with Crippen LogP contribution in [0.4, 0.5) is 42.9 Å². The van der Waals surface area contributed by atoms with Crippen LogP contribution in [0.1, 0.15) is 40.2 Å².